The number of hydrogen-bond donors (Lipinski definition) is 0. The number of rotatable bonds is 3. The summed E-state index contributed by atoms with van der Waals surface area (Å²) in [5, 5.41) is 0.397. The Morgan fingerprint density at radius 3 is 2.70 bits per heavy atom. The molecule has 2 aliphatic rings. The summed E-state index contributed by atoms with van der Waals surface area (Å²) in [4.78, 5) is 30.5. The minimum absolute atomic E-state index is 0.0777. The molecule has 2 bridgehead atoms. The molecule has 1 amide bonds. The van der Waals surface area contributed by atoms with Crippen LogP contribution in [0, 0.1) is 5.92 Å². The lowest BCUT2D eigenvalue weighted by Gasteiger charge is -2.26. The zero-order valence-corrected chi connectivity index (χ0v) is 13.8. The van der Waals surface area contributed by atoms with Gasteiger partial charge in [-0.15, -0.1) is 0 Å². The van der Waals surface area contributed by atoms with Gasteiger partial charge in [-0.1, -0.05) is 17.7 Å². The number of nitrogens with zero attached hydrogens (tertiary/aromatic N) is 2. The van der Waals surface area contributed by atoms with Gasteiger partial charge in [0, 0.05) is 24.2 Å². The molecule has 2 aliphatic heterocycles. The Hall–Kier alpha value is -1.82. The number of fused-ring (bicyclic) bond motifs is 2. The van der Waals surface area contributed by atoms with Gasteiger partial charge in [0.2, 0.25) is 0 Å². The van der Waals surface area contributed by atoms with Crippen LogP contribution in [0.1, 0.15) is 31.2 Å². The molecule has 2 saturated heterocycles. The highest BCUT2D eigenvalue weighted by atomic mass is 35.5. The first-order chi connectivity index (χ1) is 11.1. The average Bonchev–Trinajstić information content (AvgIpc) is 3.11. The first kappa shape index (κ1) is 16.1. The minimum Gasteiger partial charge on any atom is -0.469 e. The quantitative estimate of drug-likeness (QED) is 0.626. The summed E-state index contributed by atoms with van der Waals surface area (Å²) < 4.78 is 10.2. The number of aromatic nitrogens is 1. The van der Waals surface area contributed by atoms with E-state index in [1.165, 1.54) is 7.11 Å². The topological polar surface area (TPSA) is 68.7 Å². The molecule has 0 spiro atoms. The Morgan fingerprint density at radius 2 is 2.09 bits per heavy atom. The molecule has 0 unspecified atom stereocenters. The zero-order chi connectivity index (χ0) is 16.6. The van der Waals surface area contributed by atoms with Gasteiger partial charge in [0.15, 0.2) is 0 Å². The van der Waals surface area contributed by atoms with Gasteiger partial charge in [-0.3, -0.25) is 4.79 Å². The second-order valence-electron chi connectivity index (χ2n) is 5.81. The number of esters is 1. The highest BCUT2D eigenvalue weighted by molar-refractivity contribution is 6.29. The molecule has 0 aliphatic carbocycles. The smallest absolute Gasteiger partial charge is 0.410 e. The minimum atomic E-state index is -0.397. The Kier molecular flexibility index (Phi) is 4.43. The monoisotopic (exact) mass is 338 g/mol. The summed E-state index contributed by atoms with van der Waals surface area (Å²) in [6.45, 7) is 2.08. The van der Waals surface area contributed by atoms with Crippen LogP contribution >= 0.6 is 11.6 Å². The molecule has 0 N–H and O–H groups in total. The predicted molar refractivity (Wildman–Crippen MR) is 83.2 cm³/mol. The molecule has 1 aromatic rings. The standard InChI is InChI=1S/C16H19ClN2O4/c1-3-23-16(21)19-10-5-6-11(19)14(15(20)22-2)13(10)9-4-7-12(17)18-8-9/h4,7-8,10-11,13-14H,3,5-6H2,1-2H3/t10-,11+,13-,14-/m1/s1. The molecule has 7 heteroatoms. The summed E-state index contributed by atoms with van der Waals surface area (Å²) >= 11 is 5.86. The van der Waals surface area contributed by atoms with E-state index in [1.54, 1.807) is 24.1 Å². The van der Waals surface area contributed by atoms with Crippen LogP contribution in [0.3, 0.4) is 0 Å². The highest BCUT2D eigenvalue weighted by Gasteiger charge is 2.59. The van der Waals surface area contributed by atoms with Crippen LogP contribution in [-0.2, 0) is 14.3 Å². The number of carbonyl (C=O) groups excluding carboxylic acids is 2. The number of carbonyl (C=O) groups is 2. The molecule has 0 radical (unpaired) electrons. The maximum absolute atomic E-state index is 12.3. The number of ether oxygens (including phenoxy) is 2. The molecule has 2 fully saturated rings. The second-order valence-corrected chi connectivity index (χ2v) is 6.19. The van der Waals surface area contributed by atoms with Crippen LogP contribution in [0.2, 0.25) is 5.15 Å². The largest absolute Gasteiger partial charge is 0.469 e. The van der Waals surface area contributed by atoms with Crippen molar-refractivity contribution in [1.29, 1.82) is 0 Å². The lowest BCUT2D eigenvalue weighted by atomic mass is 9.76. The van der Waals surface area contributed by atoms with Gasteiger partial charge < -0.3 is 14.4 Å². The van der Waals surface area contributed by atoms with E-state index in [-0.39, 0.29) is 30.1 Å². The Bertz CT molecular complexity index is 607. The molecule has 4 atom stereocenters. The summed E-state index contributed by atoms with van der Waals surface area (Å²) in [6, 6.07) is 3.30. The number of halogens is 1. The van der Waals surface area contributed by atoms with Gasteiger partial charge in [0.05, 0.1) is 19.6 Å². The molecule has 3 heterocycles. The van der Waals surface area contributed by atoms with Crippen LogP contribution in [0.5, 0.6) is 0 Å². The summed E-state index contributed by atoms with van der Waals surface area (Å²) in [7, 11) is 1.38. The van der Waals surface area contributed by atoms with E-state index in [2.05, 4.69) is 4.98 Å². The van der Waals surface area contributed by atoms with Crippen LogP contribution in [0.15, 0.2) is 18.3 Å². The van der Waals surface area contributed by atoms with Crippen molar-refractivity contribution < 1.29 is 19.1 Å². The van der Waals surface area contributed by atoms with Gasteiger partial charge >= 0.3 is 12.1 Å². The van der Waals surface area contributed by atoms with Gasteiger partial charge in [-0.05, 0) is 31.4 Å². The maximum Gasteiger partial charge on any atom is 0.410 e. The van der Waals surface area contributed by atoms with Crippen LogP contribution in [0.25, 0.3) is 0 Å². The van der Waals surface area contributed by atoms with Crippen LogP contribution < -0.4 is 0 Å². The summed E-state index contributed by atoms with van der Waals surface area (Å²) in [5.41, 5.74) is 0.895. The molecule has 23 heavy (non-hydrogen) atoms. The first-order valence-electron chi connectivity index (χ1n) is 7.72. The third kappa shape index (κ3) is 2.65. The fourth-order valence-electron chi connectivity index (χ4n) is 3.97. The zero-order valence-electron chi connectivity index (χ0n) is 13.1. The molecule has 124 valence electrons. The normalized spacial score (nSPS) is 28.7. The van der Waals surface area contributed by atoms with E-state index in [4.69, 9.17) is 21.1 Å². The number of amides is 1. The van der Waals surface area contributed by atoms with E-state index in [0.717, 1.165) is 18.4 Å². The van der Waals surface area contributed by atoms with E-state index in [1.807, 2.05) is 6.07 Å². The Labute approximate surface area is 139 Å². The van der Waals surface area contributed by atoms with Gasteiger partial charge in [0.25, 0.3) is 0 Å². The number of methoxy groups -OCH3 is 1. The van der Waals surface area contributed by atoms with Crippen molar-refractivity contribution >= 4 is 23.7 Å². The lowest BCUT2D eigenvalue weighted by Crippen LogP contribution is -2.38. The average molecular weight is 339 g/mol. The van der Waals surface area contributed by atoms with Gasteiger partial charge in [-0.2, -0.15) is 0 Å². The molecule has 0 aromatic carbocycles. The van der Waals surface area contributed by atoms with Crippen molar-refractivity contribution in [2.75, 3.05) is 13.7 Å². The fraction of sp³-hybridized carbons (Fsp3) is 0.562. The molecular weight excluding hydrogens is 320 g/mol. The van der Waals surface area contributed by atoms with E-state index in [9.17, 15) is 9.59 Å². The molecule has 6 nitrogen and oxygen atoms in total. The number of pyridine rings is 1. The first-order valence-corrected chi connectivity index (χ1v) is 8.10. The molecule has 1 aromatic heterocycles. The van der Waals surface area contributed by atoms with Crippen molar-refractivity contribution in [3.63, 3.8) is 0 Å². The second kappa shape index (κ2) is 6.35. The van der Waals surface area contributed by atoms with Crippen molar-refractivity contribution in [3.8, 4) is 0 Å². The van der Waals surface area contributed by atoms with Crippen molar-refractivity contribution in [1.82, 2.24) is 9.88 Å². The van der Waals surface area contributed by atoms with Crippen LogP contribution in [0.4, 0.5) is 4.79 Å². The molecule has 0 saturated carbocycles. The Balaban J connectivity index is 1.97. The third-order valence-corrected chi connectivity index (χ3v) is 5.00. The van der Waals surface area contributed by atoms with Gasteiger partial charge in [-0.25, -0.2) is 9.78 Å². The van der Waals surface area contributed by atoms with Crippen molar-refractivity contribution in [3.05, 3.63) is 29.0 Å². The maximum atomic E-state index is 12.3. The third-order valence-electron chi connectivity index (χ3n) is 4.78. The SMILES string of the molecule is CCOC(=O)N1[C@@H]2CC[C@H]1[C@@H](C(=O)OC)[C@@H]2c1ccc(Cl)nc1. The van der Waals surface area contributed by atoms with E-state index < -0.39 is 5.92 Å². The number of hydrogen-bond acceptors (Lipinski definition) is 5. The lowest BCUT2D eigenvalue weighted by molar-refractivity contribution is -0.146. The predicted octanol–water partition coefficient (Wildman–Crippen LogP) is 2.61. The van der Waals surface area contributed by atoms with E-state index in [0.29, 0.717) is 11.8 Å². The van der Waals surface area contributed by atoms with Gasteiger partial charge in [0.1, 0.15) is 5.15 Å². The van der Waals surface area contributed by atoms with E-state index >= 15 is 0 Å². The summed E-state index contributed by atoms with van der Waals surface area (Å²) in [5.74, 6) is -0.840. The van der Waals surface area contributed by atoms with Crippen molar-refractivity contribution in [2.24, 2.45) is 5.92 Å². The van der Waals surface area contributed by atoms with Crippen LogP contribution in [-0.4, -0.2) is 47.7 Å². The molecular formula is C16H19ClN2O4. The fourth-order valence-corrected chi connectivity index (χ4v) is 4.08. The Morgan fingerprint density at radius 1 is 1.35 bits per heavy atom. The summed E-state index contributed by atoms with van der Waals surface area (Å²) in [6.07, 6.45) is 2.93. The highest BCUT2D eigenvalue weighted by Crippen LogP contribution is 2.51. The van der Waals surface area contributed by atoms with Crippen molar-refractivity contribution in [2.45, 2.75) is 37.8 Å². The molecule has 3 rings (SSSR count).